The molecule has 0 fully saturated rings. The Hall–Kier alpha value is -1.06. The van der Waals surface area contributed by atoms with Crippen LogP contribution in [0.1, 0.15) is 17.3 Å². The average molecular weight is 332 g/mol. The maximum atomic E-state index is 12.4. The Kier molecular flexibility index (Phi) is 7.37. The predicted molar refractivity (Wildman–Crippen MR) is 73.9 cm³/mol. The summed E-state index contributed by atoms with van der Waals surface area (Å²) in [6.07, 6.45) is 0. The minimum absolute atomic E-state index is 0. The van der Waals surface area contributed by atoms with Gasteiger partial charge in [-0.15, -0.1) is 4.33 Å². The molecule has 22 heavy (non-hydrogen) atoms. The van der Waals surface area contributed by atoms with Crippen molar-refractivity contribution >= 4 is 15.9 Å². The number of hydrogen-bond acceptors (Lipinski definition) is 6. The van der Waals surface area contributed by atoms with E-state index in [4.69, 9.17) is 5.11 Å². The molecule has 0 saturated heterocycles. The SMILES string of the molecule is O=C(c1ccccc1)c1ccccc1S(=O)(=O)OOCO.[H-].[Na+]. The fraction of sp³-hybridized carbons (Fsp3) is 0.0714. The number of carbonyl (C=O) groups excluding carboxylic acids is 1. The molecule has 1 N–H and O–H groups in total. The summed E-state index contributed by atoms with van der Waals surface area (Å²) in [5.74, 6) is -0.456. The molecule has 0 bridgehead atoms. The molecule has 0 aliphatic heterocycles. The summed E-state index contributed by atoms with van der Waals surface area (Å²) in [6.45, 7) is -0.923. The maximum absolute atomic E-state index is 12.4. The van der Waals surface area contributed by atoms with E-state index in [0.717, 1.165) is 0 Å². The van der Waals surface area contributed by atoms with Gasteiger partial charge in [-0.3, -0.25) is 4.79 Å². The first-order valence-electron chi connectivity index (χ1n) is 5.92. The molecule has 0 aliphatic rings. The van der Waals surface area contributed by atoms with Crippen molar-refractivity contribution in [3.8, 4) is 0 Å². The Bertz CT molecular complexity index is 736. The summed E-state index contributed by atoms with van der Waals surface area (Å²) in [5.41, 5.74) is 0.313. The zero-order valence-electron chi connectivity index (χ0n) is 12.8. The van der Waals surface area contributed by atoms with Crippen molar-refractivity contribution in [3.05, 3.63) is 65.7 Å². The van der Waals surface area contributed by atoms with Crippen LogP contribution in [0.15, 0.2) is 59.5 Å². The van der Waals surface area contributed by atoms with Crippen molar-refractivity contribution in [2.24, 2.45) is 0 Å². The van der Waals surface area contributed by atoms with Crippen LogP contribution in [-0.2, 0) is 19.3 Å². The number of ketones is 1. The number of benzene rings is 2. The molecular weight excluding hydrogens is 319 g/mol. The average Bonchev–Trinajstić information content (AvgIpc) is 2.53. The van der Waals surface area contributed by atoms with Crippen molar-refractivity contribution < 1.29 is 58.5 Å². The Labute approximate surface area is 151 Å². The van der Waals surface area contributed by atoms with Crippen LogP contribution >= 0.6 is 0 Å². The van der Waals surface area contributed by atoms with Crippen molar-refractivity contribution in [2.45, 2.75) is 4.90 Å². The van der Waals surface area contributed by atoms with E-state index in [1.54, 1.807) is 36.4 Å². The van der Waals surface area contributed by atoms with Crippen LogP contribution < -0.4 is 29.6 Å². The van der Waals surface area contributed by atoms with E-state index in [-0.39, 0.29) is 41.4 Å². The molecule has 0 atom stereocenters. The molecule has 0 spiro atoms. The van der Waals surface area contributed by atoms with E-state index in [0.29, 0.717) is 5.56 Å². The second-order valence-corrected chi connectivity index (χ2v) is 5.44. The topological polar surface area (TPSA) is 89.9 Å². The van der Waals surface area contributed by atoms with Gasteiger partial charge in [0.15, 0.2) is 12.6 Å². The second-order valence-electron chi connectivity index (χ2n) is 3.96. The number of rotatable bonds is 6. The first kappa shape index (κ1) is 19.0. The van der Waals surface area contributed by atoms with Gasteiger partial charge >= 0.3 is 39.7 Å². The van der Waals surface area contributed by atoms with E-state index >= 15 is 0 Å². The Morgan fingerprint density at radius 2 is 1.64 bits per heavy atom. The maximum Gasteiger partial charge on any atom is 1.00 e. The van der Waals surface area contributed by atoms with E-state index < -0.39 is 22.7 Å². The number of carbonyl (C=O) groups is 1. The van der Waals surface area contributed by atoms with Gasteiger partial charge in [-0.1, -0.05) is 42.5 Å². The monoisotopic (exact) mass is 332 g/mol. The summed E-state index contributed by atoms with van der Waals surface area (Å²) >= 11 is 0. The molecule has 0 unspecified atom stereocenters. The van der Waals surface area contributed by atoms with Gasteiger partial charge in [0, 0.05) is 11.1 Å². The van der Waals surface area contributed by atoms with Gasteiger partial charge in [-0.25, -0.2) is 0 Å². The van der Waals surface area contributed by atoms with Crippen LogP contribution in [-0.4, -0.2) is 26.1 Å². The van der Waals surface area contributed by atoms with Crippen molar-refractivity contribution in [1.82, 2.24) is 0 Å². The standard InChI is InChI=1S/C14H12O6S.Na.H/c15-10-19-20-21(17,18)13-9-5-4-8-12(13)14(16)11-6-2-1-3-7-11;;/h1-9,15H,10H2;;/q;+1;-1. The zero-order valence-corrected chi connectivity index (χ0v) is 14.6. The number of aliphatic hydroxyl groups is 1. The minimum atomic E-state index is -4.31. The van der Waals surface area contributed by atoms with Crippen LogP contribution in [0.2, 0.25) is 0 Å². The summed E-state index contributed by atoms with van der Waals surface area (Å²) in [5, 5.41) is 8.45. The van der Waals surface area contributed by atoms with Gasteiger partial charge in [-0.05, 0) is 12.1 Å². The molecule has 0 aromatic heterocycles. The third-order valence-electron chi connectivity index (χ3n) is 2.63. The van der Waals surface area contributed by atoms with Crippen LogP contribution in [0.3, 0.4) is 0 Å². The van der Waals surface area contributed by atoms with E-state index in [1.807, 2.05) is 0 Å². The fourth-order valence-corrected chi connectivity index (χ4v) is 2.66. The first-order valence-corrected chi connectivity index (χ1v) is 7.33. The molecule has 2 aromatic carbocycles. The molecule has 0 aliphatic carbocycles. The van der Waals surface area contributed by atoms with Crippen LogP contribution in [0, 0.1) is 0 Å². The van der Waals surface area contributed by atoms with E-state index in [2.05, 4.69) is 9.22 Å². The third kappa shape index (κ3) is 4.47. The Balaban J connectivity index is 0.00000242. The van der Waals surface area contributed by atoms with Crippen LogP contribution in [0.4, 0.5) is 0 Å². The summed E-state index contributed by atoms with van der Waals surface area (Å²) in [4.78, 5) is 16.1. The van der Waals surface area contributed by atoms with Gasteiger partial charge in [0.25, 0.3) is 0 Å². The second kappa shape index (κ2) is 8.54. The minimum Gasteiger partial charge on any atom is -1.00 e. The Morgan fingerprint density at radius 1 is 1.05 bits per heavy atom. The quantitative estimate of drug-likeness (QED) is 0.231. The van der Waals surface area contributed by atoms with E-state index in [9.17, 15) is 13.2 Å². The van der Waals surface area contributed by atoms with Gasteiger partial charge in [-0.2, -0.15) is 13.3 Å². The van der Waals surface area contributed by atoms with Crippen LogP contribution in [0.5, 0.6) is 0 Å². The van der Waals surface area contributed by atoms with Gasteiger partial charge < -0.3 is 6.53 Å². The summed E-state index contributed by atoms with van der Waals surface area (Å²) in [6, 6.07) is 13.9. The first-order chi connectivity index (χ1) is 10.1. The molecule has 2 rings (SSSR count). The van der Waals surface area contributed by atoms with Crippen molar-refractivity contribution in [2.75, 3.05) is 6.79 Å². The predicted octanol–water partition coefficient (Wildman–Crippen LogP) is -1.38. The third-order valence-corrected chi connectivity index (χ3v) is 3.80. The smallest absolute Gasteiger partial charge is 1.00 e. The number of hydrogen-bond donors (Lipinski definition) is 1. The molecule has 6 nitrogen and oxygen atoms in total. The van der Waals surface area contributed by atoms with Crippen molar-refractivity contribution in [3.63, 3.8) is 0 Å². The molecule has 0 saturated carbocycles. The molecule has 112 valence electrons. The molecule has 2 aromatic rings. The molecule has 0 heterocycles. The molecule has 0 radical (unpaired) electrons. The van der Waals surface area contributed by atoms with Crippen molar-refractivity contribution in [1.29, 1.82) is 0 Å². The normalized spacial score (nSPS) is 10.8. The largest absolute Gasteiger partial charge is 1.00 e. The zero-order chi connectivity index (χ0) is 15.3. The summed E-state index contributed by atoms with van der Waals surface area (Å²) in [7, 11) is -4.31. The fourth-order valence-electron chi connectivity index (χ4n) is 1.74. The molecule has 8 heteroatoms. The molecule has 0 amide bonds. The van der Waals surface area contributed by atoms with E-state index in [1.165, 1.54) is 18.2 Å². The van der Waals surface area contributed by atoms with Crippen LogP contribution in [0.25, 0.3) is 0 Å². The summed E-state index contributed by atoms with van der Waals surface area (Å²) < 4.78 is 28.0. The van der Waals surface area contributed by atoms with Gasteiger partial charge in [0.1, 0.15) is 4.90 Å². The van der Waals surface area contributed by atoms with Gasteiger partial charge in [0.2, 0.25) is 0 Å². The Morgan fingerprint density at radius 3 is 2.27 bits per heavy atom. The number of aliphatic hydroxyl groups excluding tert-OH is 1. The van der Waals surface area contributed by atoms with Gasteiger partial charge in [0.05, 0.1) is 0 Å². The molecular formula is C14H13NaO6S.